The van der Waals surface area contributed by atoms with Crippen LogP contribution in [0.1, 0.15) is 17.3 Å². The largest absolute Gasteiger partial charge is 0.397 e. The van der Waals surface area contributed by atoms with Crippen LogP contribution in [0.25, 0.3) is 0 Å². The van der Waals surface area contributed by atoms with E-state index in [1.165, 1.54) is 12.3 Å². The number of halogens is 1. The van der Waals surface area contributed by atoms with E-state index in [2.05, 4.69) is 10.3 Å². The number of nitrogens with one attached hydrogen (secondary N) is 1. The summed E-state index contributed by atoms with van der Waals surface area (Å²) in [6, 6.07) is 1.21. The van der Waals surface area contributed by atoms with E-state index in [4.69, 9.17) is 17.3 Å². The summed E-state index contributed by atoms with van der Waals surface area (Å²) >= 11 is 5.69. The molecule has 0 spiro atoms. The SMILES string of the molecule is CC(CS(C)=O)NC(=O)c1cc(Cl)ncc1N. The third-order valence-electron chi connectivity index (χ3n) is 2.01. The van der Waals surface area contributed by atoms with Crippen molar-refractivity contribution in [2.75, 3.05) is 17.7 Å². The van der Waals surface area contributed by atoms with E-state index < -0.39 is 10.8 Å². The van der Waals surface area contributed by atoms with Crippen LogP contribution in [0.15, 0.2) is 12.3 Å². The molecule has 0 aromatic carbocycles. The van der Waals surface area contributed by atoms with E-state index in [9.17, 15) is 9.00 Å². The van der Waals surface area contributed by atoms with Gasteiger partial charge in [0.25, 0.3) is 5.91 Å². The van der Waals surface area contributed by atoms with Gasteiger partial charge in [-0.3, -0.25) is 9.00 Å². The molecule has 94 valence electrons. The van der Waals surface area contributed by atoms with Gasteiger partial charge in [-0.1, -0.05) is 11.6 Å². The van der Waals surface area contributed by atoms with Crippen LogP contribution in [0.4, 0.5) is 5.69 Å². The number of carbonyl (C=O) groups is 1. The fourth-order valence-electron chi connectivity index (χ4n) is 1.33. The molecule has 0 bridgehead atoms. The number of nitrogens with two attached hydrogens (primary N) is 1. The fraction of sp³-hybridized carbons (Fsp3) is 0.400. The van der Waals surface area contributed by atoms with Crippen LogP contribution >= 0.6 is 11.6 Å². The minimum absolute atomic E-state index is 0.195. The van der Waals surface area contributed by atoms with E-state index in [0.29, 0.717) is 5.75 Å². The van der Waals surface area contributed by atoms with Gasteiger partial charge < -0.3 is 11.1 Å². The number of hydrogen-bond acceptors (Lipinski definition) is 4. The van der Waals surface area contributed by atoms with Crippen molar-refractivity contribution in [3.05, 3.63) is 23.0 Å². The lowest BCUT2D eigenvalue weighted by Crippen LogP contribution is -2.36. The molecule has 0 aliphatic heterocycles. The number of pyridine rings is 1. The van der Waals surface area contributed by atoms with Gasteiger partial charge in [0.15, 0.2) is 0 Å². The molecule has 3 N–H and O–H groups in total. The average molecular weight is 276 g/mol. The molecule has 1 aromatic rings. The van der Waals surface area contributed by atoms with E-state index in [1.54, 1.807) is 13.2 Å². The third-order valence-corrected chi connectivity index (χ3v) is 3.18. The number of nitrogens with zero attached hydrogens (tertiary/aromatic N) is 1. The molecule has 1 heterocycles. The minimum atomic E-state index is -0.963. The van der Waals surface area contributed by atoms with Crippen molar-refractivity contribution in [1.29, 1.82) is 0 Å². The summed E-state index contributed by atoms with van der Waals surface area (Å²) in [4.78, 5) is 15.6. The Labute approximate surface area is 107 Å². The summed E-state index contributed by atoms with van der Waals surface area (Å²) < 4.78 is 11.0. The lowest BCUT2D eigenvalue weighted by Gasteiger charge is -2.13. The Morgan fingerprint density at radius 2 is 2.35 bits per heavy atom. The molecule has 17 heavy (non-hydrogen) atoms. The van der Waals surface area contributed by atoms with Crippen molar-refractivity contribution >= 4 is 34.0 Å². The second kappa shape index (κ2) is 5.97. The van der Waals surface area contributed by atoms with Crippen molar-refractivity contribution in [3.8, 4) is 0 Å². The molecule has 0 radical (unpaired) electrons. The van der Waals surface area contributed by atoms with Crippen molar-refractivity contribution in [2.45, 2.75) is 13.0 Å². The van der Waals surface area contributed by atoms with E-state index >= 15 is 0 Å². The Morgan fingerprint density at radius 3 is 2.94 bits per heavy atom. The van der Waals surface area contributed by atoms with Crippen LogP contribution in [-0.2, 0) is 10.8 Å². The monoisotopic (exact) mass is 275 g/mol. The van der Waals surface area contributed by atoms with Gasteiger partial charge in [-0.2, -0.15) is 0 Å². The summed E-state index contributed by atoms with van der Waals surface area (Å²) in [5.41, 5.74) is 6.16. The van der Waals surface area contributed by atoms with Gasteiger partial charge in [0.2, 0.25) is 0 Å². The molecule has 0 saturated heterocycles. The zero-order valence-electron chi connectivity index (χ0n) is 9.57. The van der Waals surface area contributed by atoms with Crippen molar-refractivity contribution < 1.29 is 9.00 Å². The molecular formula is C10H14ClN3O2S. The number of hydrogen-bond donors (Lipinski definition) is 2. The molecular weight excluding hydrogens is 262 g/mol. The lowest BCUT2D eigenvalue weighted by atomic mass is 10.2. The fourth-order valence-corrected chi connectivity index (χ4v) is 2.28. The molecule has 0 aliphatic rings. The smallest absolute Gasteiger partial charge is 0.253 e. The van der Waals surface area contributed by atoms with Gasteiger partial charge in [-0.05, 0) is 13.0 Å². The summed E-state index contributed by atoms with van der Waals surface area (Å²) in [7, 11) is -0.963. The molecule has 0 saturated carbocycles. The minimum Gasteiger partial charge on any atom is -0.397 e. The molecule has 2 atom stereocenters. The summed E-state index contributed by atoms with van der Waals surface area (Å²) in [5.74, 6) is 0.0505. The molecule has 2 unspecified atom stereocenters. The Bertz CT molecular complexity index is 453. The molecule has 5 nitrogen and oxygen atoms in total. The van der Waals surface area contributed by atoms with Gasteiger partial charge in [-0.15, -0.1) is 0 Å². The van der Waals surface area contributed by atoms with Gasteiger partial charge >= 0.3 is 0 Å². The standard InChI is InChI=1S/C10H14ClN3O2S/c1-6(5-17(2)16)14-10(15)7-3-9(11)13-4-8(7)12/h3-4,6H,5,12H2,1-2H3,(H,14,15). The van der Waals surface area contributed by atoms with Crippen LogP contribution < -0.4 is 11.1 Å². The first-order valence-electron chi connectivity index (χ1n) is 4.92. The molecule has 0 fully saturated rings. The lowest BCUT2D eigenvalue weighted by molar-refractivity contribution is 0.0944. The Morgan fingerprint density at radius 1 is 1.71 bits per heavy atom. The zero-order valence-corrected chi connectivity index (χ0v) is 11.1. The maximum absolute atomic E-state index is 11.8. The van der Waals surface area contributed by atoms with Crippen molar-refractivity contribution in [1.82, 2.24) is 10.3 Å². The summed E-state index contributed by atoms with van der Waals surface area (Å²) in [6.07, 6.45) is 2.92. The predicted molar refractivity (Wildman–Crippen MR) is 69.5 cm³/mol. The first-order valence-corrected chi connectivity index (χ1v) is 7.02. The third kappa shape index (κ3) is 4.32. The maximum Gasteiger partial charge on any atom is 0.253 e. The molecule has 1 aromatic heterocycles. The number of amides is 1. The van der Waals surface area contributed by atoms with Crippen LogP contribution in [-0.4, -0.2) is 33.2 Å². The van der Waals surface area contributed by atoms with Gasteiger partial charge in [0.05, 0.1) is 17.4 Å². The molecule has 1 rings (SSSR count). The topological polar surface area (TPSA) is 85.1 Å². The molecule has 1 amide bonds. The van der Waals surface area contributed by atoms with Crippen LogP contribution in [0.2, 0.25) is 5.15 Å². The summed E-state index contributed by atoms with van der Waals surface area (Å²) in [6.45, 7) is 1.78. The highest BCUT2D eigenvalue weighted by Crippen LogP contribution is 2.14. The van der Waals surface area contributed by atoms with Gasteiger partial charge in [-0.25, -0.2) is 4.98 Å². The number of carbonyl (C=O) groups excluding carboxylic acids is 1. The number of nitrogen functional groups attached to an aromatic ring is 1. The van der Waals surface area contributed by atoms with Crippen molar-refractivity contribution in [2.24, 2.45) is 0 Å². The van der Waals surface area contributed by atoms with Crippen LogP contribution in [0.5, 0.6) is 0 Å². The number of rotatable bonds is 4. The Balaban J connectivity index is 2.76. The first kappa shape index (κ1) is 13.9. The van der Waals surface area contributed by atoms with Crippen LogP contribution in [0, 0.1) is 0 Å². The second-order valence-corrected chi connectivity index (χ2v) is 5.58. The highest BCUT2D eigenvalue weighted by atomic mass is 35.5. The zero-order chi connectivity index (χ0) is 13.0. The predicted octanol–water partition coefficient (Wildman–Crippen LogP) is 0.814. The Hall–Kier alpha value is -1.14. The highest BCUT2D eigenvalue weighted by molar-refractivity contribution is 7.84. The normalized spacial score (nSPS) is 14.1. The van der Waals surface area contributed by atoms with Gasteiger partial charge in [0.1, 0.15) is 5.15 Å². The second-order valence-electron chi connectivity index (χ2n) is 3.71. The molecule has 7 heteroatoms. The molecule has 0 aliphatic carbocycles. The Kier molecular flexibility index (Phi) is 4.89. The average Bonchev–Trinajstić information content (AvgIpc) is 2.20. The number of aromatic nitrogens is 1. The van der Waals surface area contributed by atoms with Gasteiger partial charge in [0, 0.05) is 28.9 Å². The summed E-state index contributed by atoms with van der Waals surface area (Å²) in [5, 5.41) is 2.90. The van der Waals surface area contributed by atoms with Crippen molar-refractivity contribution in [3.63, 3.8) is 0 Å². The number of anilines is 1. The van der Waals surface area contributed by atoms with E-state index in [-0.39, 0.29) is 28.4 Å². The first-order chi connectivity index (χ1) is 7.90. The maximum atomic E-state index is 11.8. The van der Waals surface area contributed by atoms with E-state index in [1.807, 2.05) is 0 Å². The van der Waals surface area contributed by atoms with E-state index in [0.717, 1.165) is 0 Å². The quantitative estimate of drug-likeness (QED) is 0.797. The van der Waals surface area contributed by atoms with Crippen LogP contribution in [0.3, 0.4) is 0 Å². The highest BCUT2D eigenvalue weighted by Gasteiger charge is 2.14.